The molecule has 100 valence electrons. The fourth-order valence-corrected chi connectivity index (χ4v) is 3.14. The average Bonchev–Trinajstić information content (AvgIpc) is 3.07. The number of ketones is 1. The Morgan fingerprint density at radius 3 is 2.42 bits per heavy atom. The zero-order valence-electron chi connectivity index (χ0n) is 10.9. The van der Waals surface area contributed by atoms with Crippen molar-refractivity contribution in [3.05, 3.63) is 35.4 Å². The van der Waals surface area contributed by atoms with E-state index in [-0.39, 0.29) is 11.7 Å². The molecule has 0 unspecified atom stereocenters. The second-order valence-electron chi connectivity index (χ2n) is 5.81. The fourth-order valence-electron chi connectivity index (χ4n) is 3.14. The summed E-state index contributed by atoms with van der Waals surface area (Å²) in [6.07, 6.45) is 5.59. The third-order valence-electron chi connectivity index (χ3n) is 4.59. The molecule has 2 saturated carbocycles. The molecule has 3 heteroatoms. The summed E-state index contributed by atoms with van der Waals surface area (Å²) in [5, 5.41) is 9.31. The van der Waals surface area contributed by atoms with E-state index < -0.39 is 11.4 Å². The minimum Gasteiger partial charge on any atom is -0.481 e. The number of carbonyl (C=O) groups is 2. The van der Waals surface area contributed by atoms with Crippen molar-refractivity contribution < 1.29 is 14.7 Å². The predicted molar refractivity (Wildman–Crippen MR) is 71.3 cm³/mol. The van der Waals surface area contributed by atoms with Crippen LogP contribution in [-0.2, 0) is 10.2 Å². The molecule has 0 amide bonds. The van der Waals surface area contributed by atoms with Crippen LogP contribution in [0.4, 0.5) is 0 Å². The first-order valence-electron chi connectivity index (χ1n) is 7.02. The van der Waals surface area contributed by atoms with Crippen LogP contribution in [0.1, 0.15) is 54.4 Å². The largest absolute Gasteiger partial charge is 0.481 e. The van der Waals surface area contributed by atoms with Crippen molar-refractivity contribution in [2.45, 2.75) is 43.9 Å². The second kappa shape index (κ2) is 4.48. The number of carboxylic acid groups (broad SMARTS) is 1. The molecule has 0 bridgehead atoms. The van der Waals surface area contributed by atoms with Crippen LogP contribution in [-0.4, -0.2) is 16.9 Å². The third-order valence-corrected chi connectivity index (χ3v) is 4.59. The van der Waals surface area contributed by atoms with Crippen LogP contribution in [0.5, 0.6) is 0 Å². The van der Waals surface area contributed by atoms with E-state index in [1.165, 1.54) is 0 Å². The van der Waals surface area contributed by atoms with Gasteiger partial charge in [0.1, 0.15) is 0 Å². The van der Waals surface area contributed by atoms with Crippen molar-refractivity contribution in [1.82, 2.24) is 0 Å². The molecule has 1 aromatic rings. The van der Waals surface area contributed by atoms with Gasteiger partial charge in [-0.1, -0.05) is 31.0 Å². The Labute approximate surface area is 112 Å². The lowest BCUT2D eigenvalue weighted by Gasteiger charge is -2.13. The topological polar surface area (TPSA) is 54.4 Å². The van der Waals surface area contributed by atoms with Gasteiger partial charge in [-0.25, -0.2) is 0 Å². The molecule has 0 aromatic heterocycles. The molecule has 2 fully saturated rings. The normalized spacial score (nSPS) is 21.3. The Morgan fingerprint density at radius 2 is 1.84 bits per heavy atom. The van der Waals surface area contributed by atoms with Crippen molar-refractivity contribution in [3.63, 3.8) is 0 Å². The van der Waals surface area contributed by atoms with Gasteiger partial charge in [-0.2, -0.15) is 0 Å². The highest BCUT2D eigenvalue weighted by atomic mass is 16.4. The minimum absolute atomic E-state index is 0.148. The van der Waals surface area contributed by atoms with Crippen LogP contribution in [0.3, 0.4) is 0 Å². The van der Waals surface area contributed by atoms with E-state index in [0.717, 1.165) is 31.2 Å². The number of benzene rings is 1. The molecule has 0 spiro atoms. The Kier molecular flexibility index (Phi) is 2.92. The SMILES string of the molecule is O=C(c1cccc(C2(C(=O)O)CC2)c1)C1CCCC1. The Balaban J connectivity index is 1.88. The van der Waals surface area contributed by atoms with Crippen molar-refractivity contribution in [1.29, 1.82) is 0 Å². The number of carbonyl (C=O) groups excluding carboxylic acids is 1. The van der Waals surface area contributed by atoms with E-state index >= 15 is 0 Å². The number of rotatable bonds is 4. The molecule has 0 saturated heterocycles. The first kappa shape index (κ1) is 12.4. The van der Waals surface area contributed by atoms with Crippen molar-refractivity contribution in [2.24, 2.45) is 5.92 Å². The summed E-state index contributed by atoms with van der Waals surface area (Å²) in [7, 11) is 0. The summed E-state index contributed by atoms with van der Waals surface area (Å²) in [5.41, 5.74) is 0.771. The standard InChI is InChI=1S/C16H18O3/c17-14(11-4-1-2-5-11)12-6-3-7-13(10-12)16(8-9-16)15(18)19/h3,6-7,10-11H,1-2,4-5,8-9H2,(H,18,19). The lowest BCUT2D eigenvalue weighted by molar-refractivity contribution is -0.140. The van der Waals surface area contributed by atoms with Gasteiger partial charge in [-0.15, -0.1) is 0 Å². The van der Waals surface area contributed by atoms with E-state index in [4.69, 9.17) is 0 Å². The maximum atomic E-state index is 12.4. The molecule has 0 heterocycles. The predicted octanol–water partition coefficient (Wildman–Crippen LogP) is 3.18. The fraction of sp³-hybridized carbons (Fsp3) is 0.500. The van der Waals surface area contributed by atoms with Crippen LogP contribution < -0.4 is 0 Å². The highest BCUT2D eigenvalue weighted by Crippen LogP contribution is 2.48. The van der Waals surface area contributed by atoms with Crippen molar-refractivity contribution in [3.8, 4) is 0 Å². The summed E-state index contributed by atoms with van der Waals surface area (Å²) in [4.78, 5) is 23.7. The Hall–Kier alpha value is -1.64. The molecule has 1 aromatic carbocycles. The lowest BCUT2D eigenvalue weighted by Crippen LogP contribution is -2.20. The number of hydrogen-bond donors (Lipinski definition) is 1. The zero-order valence-corrected chi connectivity index (χ0v) is 10.9. The van der Waals surface area contributed by atoms with Crippen LogP contribution in [0.2, 0.25) is 0 Å². The first-order chi connectivity index (χ1) is 9.13. The second-order valence-corrected chi connectivity index (χ2v) is 5.81. The number of aliphatic carboxylic acids is 1. The van der Waals surface area contributed by atoms with Gasteiger partial charge in [0.25, 0.3) is 0 Å². The molecule has 1 N–H and O–H groups in total. The van der Waals surface area contributed by atoms with Gasteiger partial charge in [0.15, 0.2) is 5.78 Å². The monoisotopic (exact) mass is 258 g/mol. The molecule has 3 rings (SSSR count). The molecule has 3 nitrogen and oxygen atoms in total. The lowest BCUT2D eigenvalue weighted by atomic mass is 9.90. The van der Waals surface area contributed by atoms with Gasteiger partial charge < -0.3 is 5.11 Å². The average molecular weight is 258 g/mol. The minimum atomic E-state index is -0.766. The molecule has 2 aliphatic rings. The van der Waals surface area contributed by atoms with E-state index in [9.17, 15) is 14.7 Å². The van der Waals surface area contributed by atoms with Crippen LogP contribution in [0.15, 0.2) is 24.3 Å². The molecule has 0 aliphatic heterocycles. The smallest absolute Gasteiger partial charge is 0.314 e. The molecule has 0 radical (unpaired) electrons. The third kappa shape index (κ3) is 2.07. The molecule has 2 aliphatic carbocycles. The number of hydrogen-bond acceptors (Lipinski definition) is 2. The Morgan fingerprint density at radius 1 is 1.16 bits per heavy atom. The summed E-state index contributed by atoms with van der Waals surface area (Å²) in [6, 6.07) is 7.29. The van der Waals surface area contributed by atoms with Gasteiger partial charge in [0.2, 0.25) is 0 Å². The highest BCUT2D eigenvalue weighted by Gasteiger charge is 2.51. The van der Waals surface area contributed by atoms with Gasteiger partial charge in [-0.05, 0) is 37.3 Å². The van der Waals surface area contributed by atoms with Crippen molar-refractivity contribution in [2.75, 3.05) is 0 Å². The van der Waals surface area contributed by atoms with E-state index in [1.54, 1.807) is 0 Å². The molecular formula is C16H18O3. The van der Waals surface area contributed by atoms with E-state index in [0.29, 0.717) is 18.4 Å². The zero-order chi connectivity index (χ0) is 13.5. The van der Waals surface area contributed by atoms with Crippen molar-refractivity contribution >= 4 is 11.8 Å². The van der Waals surface area contributed by atoms with Crippen LogP contribution >= 0.6 is 0 Å². The van der Waals surface area contributed by atoms with E-state index in [1.807, 2.05) is 24.3 Å². The summed E-state index contributed by atoms with van der Waals surface area (Å²) in [6.45, 7) is 0. The van der Waals surface area contributed by atoms with Gasteiger partial charge >= 0.3 is 5.97 Å². The van der Waals surface area contributed by atoms with E-state index in [2.05, 4.69) is 0 Å². The van der Waals surface area contributed by atoms with Gasteiger partial charge in [-0.3, -0.25) is 9.59 Å². The van der Waals surface area contributed by atoms with Crippen LogP contribution in [0.25, 0.3) is 0 Å². The maximum absolute atomic E-state index is 12.4. The summed E-state index contributed by atoms with van der Waals surface area (Å²) < 4.78 is 0. The molecule has 19 heavy (non-hydrogen) atoms. The van der Waals surface area contributed by atoms with Gasteiger partial charge in [0, 0.05) is 11.5 Å². The number of Topliss-reactive ketones (excluding diaryl/α,β-unsaturated/α-hetero) is 1. The molecular weight excluding hydrogens is 240 g/mol. The highest BCUT2D eigenvalue weighted by molar-refractivity contribution is 5.98. The summed E-state index contributed by atoms with van der Waals surface area (Å²) >= 11 is 0. The Bertz CT molecular complexity index is 523. The van der Waals surface area contributed by atoms with Crippen LogP contribution in [0, 0.1) is 5.92 Å². The molecule has 0 atom stereocenters. The maximum Gasteiger partial charge on any atom is 0.314 e. The summed E-state index contributed by atoms with van der Waals surface area (Å²) in [5.74, 6) is -0.422. The quantitative estimate of drug-likeness (QED) is 0.844. The number of carboxylic acids is 1. The van der Waals surface area contributed by atoms with Gasteiger partial charge in [0.05, 0.1) is 5.41 Å². The first-order valence-corrected chi connectivity index (χ1v) is 7.02.